The first-order valence-electron chi connectivity index (χ1n) is 4.66. The van der Waals surface area contributed by atoms with Crippen molar-refractivity contribution in [1.82, 2.24) is 0 Å². The van der Waals surface area contributed by atoms with E-state index in [1.807, 2.05) is 6.92 Å². The second-order valence-corrected chi connectivity index (χ2v) is 3.26. The van der Waals surface area contributed by atoms with Gasteiger partial charge in [-0.25, -0.2) is 4.79 Å². The highest BCUT2D eigenvalue weighted by molar-refractivity contribution is 5.77. The minimum absolute atomic E-state index is 0.461. The molecular weight excluding hydrogens is 172 g/mol. The average molecular weight is 188 g/mol. The van der Waals surface area contributed by atoms with E-state index in [0.29, 0.717) is 32.7 Å². The van der Waals surface area contributed by atoms with Gasteiger partial charge in [0, 0.05) is 32.7 Å². The van der Waals surface area contributed by atoms with Crippen molar-refractivity contribution < 1.29 is 19.4 Å². The van der Waals surface area contributed by atoms with Gasteiger partial charge in [0.2, 0.25) is 0 Å². The quantitative estimate of drug-likeness (QED) is 0.716. The molecule has 0 unspecified atom stereocenters. The topological polar surface area (TPSA) is 55.8 Å². The minimum atomic E-state index is -0.978. The van der Waals surface area contributed by atoms with Crippen LogP contribution in [0.1, 0.15) is 26.2 Å². The van der Waals surface area contributed by atoms with E-state index in [1.54, 1.807) is 0 Å². The van der Waals surface area contributed by atoms with Gasteiger partial charge in [-0.2, -0.15) is 0 Å². The van der Waals surface area contributed by atoms with E-state index in [-0.39, 0.29) is 0 Å². The summed E-state index contributed by atoms with van der Waals surface area (Å²) >= 11 is 0. The Morgan fingerprint density at radius 2 is 2.15 bits per heavy atom. The molecule has 0 aromatic carbocycles. The smallest absolute Gasteiger partial charge is 0.336 e. The zero-order valence-corrected chi connectivity index (χ0v) is 7.91. The summed E-state index contributed by atoms with van der Waals surface area (Å²) in [4.78, 5) is 11.0. The molecule has 0 saturated carbocycles. The Hall–Kier alpha value is -0.610. The molecule has 1 heterocycles. The van der Waals surface area contributed by atoms with Crippen LogP contribution < -0.4 is 0 Å². The van der Waals surface area contributed by atoms with E-state index >= 15 is 0 Å². The molecule has 0 amide bonds. The van der Waals surface area contributed by atoms with Crippen molar-refractivity contribution in [2.24, 2.45) is 0 Å². The Morgan fingerprint density at radius 1 is 1.54 bits per heavy atom. The summed E-state index contributed by atoms with van der Waals surface area (Å²) < 4.78 is 10.5. The highest BCUT2D eigenvalue weighted by atomic mass is 16.5. The Labute approximate surface area is 77.8 Å². The van der Waals surface area contributed by atoms with Crippen molar-refractivity contribution in [3.63, 3.8) is 0 Å². The maximum Gasteiger partial charge on any atom is 0.336 e. The third-order valence-electron chi connectivity index (χ3n) is 2.27. The van der Waals surface area contributed by atoms with Crippen molar-refractivity contribution in [2.75, 3.05) is 19.8 Å². The number of carbonyl (C=O) groups is 1. The molecule has 1 fully saturated rings. The summed E-state index contributed by atoms with van der Waals surface area (Å²) in [5.41, 5.74) is -0.978. The number of rotatable bonds is 4. The molecule has 4 heteroatoms. The SMILES string of the molecule is CCCOC1(C(=O)O)CCOCC1. The van der Waals surface area contributed by atoms with Crippen LogP contribution in [0, 0.1) is 0 Å². The summed E-state index contributed by atoms with van der Waals surface area (Å²) in [5.74, 6) is -0.857. The standard InChI is InChI=1S/C9H16O4/c1-2-5-13-9(8(10)11)3-6-12-7-4-9/h2-7H2,1H3,(H,10,11). The van der Waals surface area contributed by atoms with Crippen molar-refractivity contribution in [3.8, 4) is 0 Å². The zero-order chi connectivity index (χ0) is 9.73. The molecular formula is C9H16O4. The lowest BCUT2D eigenvalue weighted by molar-refractivity contribution is -0.178. The van der Waals surface area contributed by atoms with E-state index < -0.39 is 11.6 Å². The predicted molar refractivity (Wildman–Crippen MR) is 46.7 cm³/mol. The molecule has 0 spiro atoms. The first-order valence-corrected chi connectivity index (χ1v) is 4.66. The molecule has 1 rings (SSSR count). The first kappa shape index (κ1) is 10.5. The van der Waals surface area contributed by atoms with Gasteiger partial charge in [-0.1, -0.05) is 6.92 Å². The van der Waals surface area contributed by atoms with Crippen LogP contribution in [-0.4, -0.2) is 36.5 Å². The monoisotopic (exact) mass is 188 g/mol. The normalized spacial score (nSPS) is 21.3. The number of carboxylic acid groups (broad SMARTS) is 1. The summed E-state index contributed by atoms with van der Waals surface area (Å²) in [6.45, 7) is 3.44. The van der Waals surface area contributed by atoms with Gasteiger partial charge in [-0.3, -0.25) is 0 Å². The molecule has 0 aromatic heterocycles. The summed E-state index contributed by atoms with van der Waals surface area (Å²) in [6.07, 6.45) is 1.76. The van der Waals surface area contributed by atoms with Crippen LogP contribution in [0.5, 0.6) is 0 Å². The van der Waals surface area contributed by atoms with Gasteiger partial charge in [-0.15, -0.1) is 0 Å². The van der Waals surface area contributed by atoms with Gasteiger partial charge in [0.05, 0.1) is 0 Å². The maximum atomic E-state index is 11.0. The van der Waals surface area contributed by atoms with Crippen LogP contribution in [0.2, 0.25) is 0 Å². The van der Waals surface area contributed by atoms with E-state index in [2.05, 4.69) is 0 Å². The highest BCUT2D eigenvalue weighted by Gasteiger charge is 2.41. The molecule has 76 valence electrons. The third-order valence-corrected chi connectivity index (χ3v) is 2.27. The minimum Gasteiger partial charge on any atom is -0.479 e. The number of hydrogen-bond acceptors (Lipinski definition) is 3. The van der Waals surface area contributed by atoms with E-state index in [0.717, 1.165) is 6.42 Å². The Bertz CT molecular complexity index is 172. The average Bonchev–Trinajstić information content (AvgIpc) is 2.16. The third kappa shape index (κ3) is 2.42. The predicted octanol–water partition coefficient (Wildman–Crippen LogP) is 1.05. The molecule has 0 aliphatic carbocycles. The summed E-state index contributed by atoms with van der Waals surface area (Å²) in [7, 11) is 0. The number of carboxylic acids is 1. The molecule has 0 radical (unpaired) electrons. The van der Waals surface area contributed by atoms with Crippen molar-refractivity contribution in [3.05, 3.63) is 0 Å². The van der Waals surface area contributed by atoms with Crippen molar-refractivity contribution >= 4 is 5.97 Å². The van der Waals surface area contributed by atoms with Crippen LogP contribution in [0.3, 0.4) is 0 Å². The Morgan fingerprint density at radius 3 is 2.62 bits per heavy atom. The Kier molecular flexibility index (Phi) is 3.69. The summed E-state index contributed by atoms with van der Waals surface area (Å²) in [5, 5.41) is 9.03. The molecule has 1 aliphatic rings. The molecule has 1 saturated heterocycles. The fourth-order valence-electron chi connectivity index (χ4n) is 1.42. The van der Waals surface area contributed by atoms with E-state index in [1.165, 1.54) is 0 Å². The van der Waals surface area contributed by atoms with Crippen LogP contribution in [0.4, 0.5) is 0 Å². The van der Waals surface area contributed by atoms with Crippen LogP contribution in [0.25, 0.3) is 0 Å². The van der Waals surface area contributed by atoms with Gasteiger partial charge >= 0.3 is 5.97 Å². The molecule has 1 aliphatic heterocycles. The molecule has 0 atom stereocenters. The van der Waals surface area contributed by atoms with Gasteiger partial charge in [0.15, 0.2) is 5.60 Å². The second-order valence-electron chi connectivity index (χ2n) is 3.26. The molecule has 13 heavy (non-hydrogen) atoms. The van der Waals surface area contributed by atoms with Gasteiger partial charge in [-0.05, 0) is 6.42 Å². The first-order chi connectivity index (χ1) is 6.21. The van der Waals surface area contributed by atoms with E-state index in [4.69, 9.17) is 14.6 Å². The fourth-order valence-corrected chi connectivity index (χ4v) is 1.42. The van der Waals surface area contributed by atoms with Crippen molar-refractivity contribution in [2.45, 2.75) is 31.8 Å². The molecule has 4 nitrogen and oxygen atoms in total. The molecule has 0 bridgehead atoms. The second kappa shape index (κ2) is 4.58. The summed E-state index contributed by atoms with van der Waals surface area (Å²) in [6, 6.07) is 0. The lowest BCUT2D eigenvalue weighted by Gasteiger charge is -2.32. The molecule has 0 aromatic rings. The lowest BCUT2D eigenvalue weighted by Crippen LogP contribution is -2.46. The van der Waals surface area contributed by atoms with Crippen LogP contribution >= 0.6 is 0 Å². The lowest BCUT2D eigenvalue weighted by atomic mass is 9.94. The van der Waals surface area contributed by atoms with Crippen molar-refractivity contribution in [1.29, 1.82) is 0 Å². The van der Waals surface area contributed by atoms with Crippen LogP contribution in [-0.2, 0) is 14.3 Å². The van der Waals surface area contributed by atoms with E-state index in [9.17, 15) is 4.79 Å². The Balaban J connectivity index is 2.56. The number of hydrogen-bond donors (Lipinski definition) is 1. The largest absolute Gasteiger partial charge is 0.479 e. The highest BCUT2D eigenvalue weighted by Crippen LogP contribution is 2.25. The van der Waals surface area contributed by atoms with Crippen LogP contribution in [0.15, 0.2) is 0 Å². The zero-order valence-electron chi connectivity index (χ0n) is 7.91. The van der Waals surface area contributed by atoms with Gasteiger partial charge in [0.1, 0.15) is 0 Å². The van der Waals surface area contributed by atoms with Gasteiger partial charge < -0.3 is 14.6 Å². The number of aliphatic carboxylic acids is 1. The maximum absolute atomic E-state index is 11.0. The van der Waals surface area contributed by atoms with Gasteiger partial charge in [0.25, 0.3) is 0 Å². The fraction of sp³-hybridized carbons (Fsp3) is 0.889. The number of ether oxygens (including phenoxy) is 2. The molecule has 1 N–H and O–H groups in total.